The molecule has 4 heterocycles. The molecule has 7 nitrogen and oxygen atoms in total. The van der Waals surface area contributed by atoms with Crippen molar-refractivity contribution in [1.82, 2.24) is 24.5 Å². The number of nitrogens with zero attached hydrogens (tertiary/aromatic N) is 6. The first kappa shape index (κ1) is 19.0. The minimum absolute atomic E-state index is 0.617. The van der Waals surface area contributed by atoms with E-state index in [1.165, 1.54) is 5.69 Å². The summed E-state index contributed by atoms with van der Waals surface area (Å²) in [7, 11) is 0. The van der Waals surface area contributed by atoms with Gasteiger partial charge >= 0.3 is 0 Å². The second-order valence-corrected chi connectivity index (χ2v) is 8.56. The van der Waals surface area contributed by atoms with Gasteiger partial charge in [-0.1, -0.05) is 0 Å². The van der Waals surface area contributed by atoms with E-state index in [1.807, 2.05) is 17.6 Å². The van der Waals surface area contributed by atoms with E-state index < -0.39 is 0 Å². The molecule has 8 heteroatoms. The molecule has 1 saturated heterocycles. The van der Waals surface area contributed by atoms with E-state index in [0.717, 1.165) is 37.4 Å². The second kappa shape index (κ2) is 8.04. The third kappa shape index (κ3) is 3.76. The monoisotopic (exact) mass is 419 g/mol. The highest BCUT2D eigenvalue weighted by molar-refractivity contribution is 7.08. The Morgan fingerprint density at radius 2 is 1.83 bits per heavy atom. The summed E-state index contributed by atoms with van der Waals surface area (Å²) < 4.78 is 1.77. The highest BCUT2D eigenvalue weighted by atomic mass is 32.1. The molecule has 3 aromatic heterocycles. The van der Waals surface area contributed by atoms with E-state index in [2.05, 4.69) is 73.7 Å². The number of aromatic nitrogens is 4. The molecular formula is C22H25N7S. The summed E-state index contributed by atoms with van der Waals surface area (Å²) in [6.07, 6.45) is 3.56. The van der Waals surface area contributed by atoms with Crippen molar-refractivity contribution in [2.24, 2.45) is 0 Å². The summed E-state index contributed by atoms with van der Waals surface area (Å²) in [5.74, 6) is 1.41. The Morgan fingerprint density at radius 1 is 1.03 bits per heavy atom. The number of hydrogen-bond donors (Lipinski definition) is 1. The Hall–Kier alpha value is -2.97. The molecule has 0 unspecified atom stereocenters. The average Bonchev–Trinajstić information content (AvgIpc) is 3.45. The number of piperazine rings is 1. The maximum atomic E-state index is 4.68. The van der Waals surface area contributed by atoms with Crippen molar-refractivity contribution in [3.63, 3.8) is 0 Å². The lowest BCUT2D eigenvalue weighted by Gasteiger charge is -2.38. The summed E-state index contributed by atoms with van der Waals surface area (Å²) >= 11 is 1.64. The second-order valence-electron chi connectivity index (χ2n) is 7.78. The van der Waals surface area contributed by atoms with Gasteiger partial charge in [0.15, 0.2) is 17.3 Å². The molecule has 0 radical (unpaired) electrons. The molecule has 0 bridgehead atoms. The zero-order valence-electron chi connectivity index (χ0n) is 17.2. The molecule has 0 spiro atoms. The first-order chi connectivity index (χ1) is 14.7. The fraction of sp³-hybridized carbons (Fsp3) is 0.318. The molecule has 0 atom stereocenters. The van der Waals surface area contributed by atoms with Gasteiger partial charge in [-0.3, -0.25) is 4.90 Å². The lowest BCUT2D eigenvalue weighted by atomic mass is 10.2. The minimum atomic E-state index is 0.617. The van der Waals surface area contributed by atoms with Crippen molar-refractivity contribution in [3.05, 3.63) is 53.5 Å². The number of anilines is 3. The third-order valence-electron chi connectivity index (χ3n) is 5.57. The fourth-order valence-corrected chi connectivity index (χ4v) is 4.44. The van der Waals surface area contributed by atoms with Gasteiger partial charge in [0.25, 0.3) is 0 Å². The van der Waals surface area contributed by atoms with Crippen LogP contribution in [0.5, 0.6) is 0 Å². The van der Waals surface area contributed by atoms with E-state index in [-0.39, 0.29) is 0 Å². The maximum absolute atomic E-state index is 4.68. The molecule has 1 aliphatic rings. The van der Waals surface area contributed by atoms with E-state index in [1.54, 1.807) is 22.0 Å². The Labute approximate surface area is 180 Å². The van der Waals surface area contributed by atoms with Gasteiger partial charge in [-0.05, 0) is 49.6 Å². The standard InChI is InChI=1S/C22H25N7S/c1-16(2)27-10-12-28(13-11-27)19-5-3-18(4-6-19)24-21-22-25-20(17-7-14-30-15-17)26-29(22)9-8-23-21/h3-9,14-16H,10-13H2,1-2H3,(H,23,24). The average molecular weight is 420 g/mol. The molecule has 1 aliphatic heterocycles. The van der Waals surface area contributed by atoms with Crippen molar-refractivity contribution in [1.29, 1.82) is 0 Å². The molecule has 1 aromatic carbocycles. The first-order valence-corrected chi connectivity index (χ1v) is 11.2. The number of benzene rings is 1. The molecule has 0 saturated carbocycles. The van der Waals surface area contributed by atoms with Gasteiger partial charge in [-0.25, -0.2) is 14.5 Å². The lowest BCUT2D eigenvalue weighted by Crippen LogP contribution is -2.48. The third-order valence-corrected chi connectivity index (χ3v) is 6.26. The van der Waals surface area contributed by atoms with Crippen molar-refractivity contribution in [2.75, 3.05) is 36.4 Å². The summed E-state index contributed by atoms with van der Waals surface area (Å²) in [5, 5.41) is 12.1. The molecule has 1 N–H and O–H groups in total. The van der Waals surface area contributed by atoms with E-state index in [9.17, 15) is 0 Å². The summed E-state index contributed by atoms with van der Waals surface area (Å²) in [6.45, 7) is 8.90. The number of fused-ring (bicyclic) bond motifs is 1. The molecule has 154 valence electrons. The van der Waals surface area contributed by atoms with Crippen molar-refractivity contribution < 1.29 is 0 Å². The summed E-state index contributed by atoms with van der Waals surface area (Å²) in [6, 6.07) is 11.2. The van der Waals surface area contributed by atoms with Gasteiger partial charge in [0, 0.05) is 66.9 Å². The van der Waals surface area contributed by atoms with Gasteiger partial charge in [0.1, 0.15) is 0 Å². The smallest absolute Gasteiger partial charge is 0.199 e. The highest BCUT2D eigenvalue weighted by Crippen LogP contribution is 2.25. The van der Waals surface area contributed by atoms with Crippen molar-refractivity contribution >= 4 is 34.2 Å². The number of rotatable bonds is 5. The Balaban J connectivity index is 1.32. The summed E-state index contributed by atoms with van der Waals surface area (Å²) in [5.41, 5.74) is 3.99. The fourth-order valence-electron chi connectivity index (χ4n) is 3.81. The molecule has 0 aliphatic carbocycles. The van der Waals surface area contributed by atoms with Crippen LogP contribution in [0.4, 0.5) is 17.2 Å². The summed E-state index contributed by atoms with van der Waals surface area (Å²) in [4.78, 5) is 14.2. The molecular weight excluding hydrogens is 394 g/mol. The maximum Gasteiger partial charge on any atom is 0.199 e. The Morgan fingerprint density at radius 3 is 2.53 bits per heavy atom. The molecule has 5 rings (SSSR count). The van der Waals surface area contributed by atoms with E-state index >= 15 is 0 Å². The molecule has 1 fully saturated rings. The lowest BCUT2D eigenvalue weighted by molar-refractivity contribution is 0.209. The van der Waals surface area contributed by atoms with Gasteiger partial charge < -0.3 is 10.2 Å². The number of nitrogens with one attached hydrogen (secondary N) is 1. The predicted molar refractivity (Wildman–Crippen MR) is 123 cm³/mol. The molecule has 30 heavy (non-hydrogen) atoms. The van der Waals surface area contributed by atoms with E-state index in [4.69, 9.17) is 0 Å². The first-order valence-electron chi connectivity index (χ1n) is 10.3. The zero-order chi connectivity index (χ0) is 20.5. The van der Waals surface area contributed by atoms with Crippen LogP contribution in [0.3, 0.4) is 0 Å². The van der Waals surface area contributed by atoms with Crippen LogP contribution < -0.4 is 10.2 Å². The van der Waals surface area contributed by atoms with Crippen LogP contribution >= 0.6 is 11.3 Å². The van der Waals surface area contributed by atoms with Gasteiger partial charge in [-0.2, -0.15) is 11.3 Å². The largest absolute Gasteiger partial charge is 0.369 e. The molecule has 4 aromatic rings. The van der Waals surface area contributed by atoms with Crippen LogP contribution in [-0.4, -0.2) is 56.7 Å². The molecule has 0 amide bonds. The van der Waals surface area contributed by atoms with Crippen molar-refractivity contribution in [3.8, 4) is 11.4 Å². The number of hydrogen-bond acceptors (Lipinski definition) is 7. The quantitative estimate of drug-likeness (QED) is 0.525. The van der Waals surface area contributed by atoms with Gasteiger partial charge in [0.2, 0.25) is 0 Å². The van der Waals surface area contributed by atoms with Crippen LogP contribution in [0.1, 0.15) is 13.8 Å². The zero-order valence-corrected chi connectivity index (χ0v) is 18.0. The topological polar surface area (TPSA) is 61.6 Å². The van der Waals surface area contributed by atoms with Crippen LogP contribution in [-0.2, 0) is 0 Å². The van der Waals surface area contributed by atoms with Crippen molar-refractivity contribution in [2.45, 2.75) is 19.9 Å². The van der Waals surface area contributed by atoms with Crippen LogP contribution in [0.2, 0.25) is 0 Å². The normalized spacial score (nSPS) is 15.2. The van der Waals surface area contributed by atoms with Crippen LogP contribution in [0.25, 0.3) is 17.0 Å². The Kier molecular flexibility index (Phi) is 5.10. The Bertz CT molecular complexity index is 1110. The highest BCUT2D eigenvalue weighted by Gasteiger charge is 2.19. The van der Waals surface area contributed by atoms with Crippen LogP contribution in [0, 0.1) is 0 Å². The van der Waals surface area contributed by atoms with E-state index in [0.29, 0.717) is 23.3 Å². The number of thiophene rings is 1. The minimum Gasteiger partial charge on any atom is -0.369 e. The SMILES string of the molecule is CC(C)N1CCN(c2ccc(Nc3nccn4nc(-c5ccsc5)nc34)cc2)CC1. The van der Waals surface area contributed by atoms with Gasteiger partial charge in [0.05, 0.1) is 0 Å². The predicted octanol–water partition coefficient (Wildman–Crippen LogP) is 4.13. The van der Waals surface area contributed by atoms with Crippen LogP contribution in [0.15, 0.2) is 53.5 Å². The van der Waals surface area contributed by atoms with Gasteiger partial charge in [-0.15, -0.1) is 5.10 Å².